The Morgan fingerprint density at radius 3 is 1.34 bits per heavy atom. The quantitative estimate of drug-likeness (QED) is 0.232. The van der Waals surface area contributed by atoms with Gasteiger partial charge in [-0.25, -0.2) is 0 Å². The number of hydrogen-bond acceptors (Lipinski definition) is 13. The van der Waals surface area contributed by atoms with E-state index >= 15 is 9.59 Å². The fourth-order valence-electron chi connectivity index (χ4n) is 11.1. The molecule has 0 spiro atoms. The van der Waals surface area contributed by atoms with Gasteiger partial charge in [0.05, 0.1) is 18.7 Å². The van der Waals surface area contributed by atoms with Crippen LogP contribution in [0.4, 0.5) is 0 Å². The molecular weight excluding hydrogens is 1070 g/mol. The summed E-state index contributed by atoms with van der Waals surface area (Å²) >= 11 is 0. The molecule has 2 fully saturated rings. The standard InChI is InChI=1S/C60H106N10O13/c1-31(2)24-41-53(75)63-48(35(9)10)59(81)66(19)42(25-32(3)4)52(74)61-39(15)45(71)28-38(14)55(77)67(20)43(26-33(5)6)57(79)68(21)44(27-34(7)8)58(80)69(22)49(36(11)12)60(82)70(23)50(51-37(13)29-47(73)83-51)54(76)62-40(16)56(78)64(17)30-46(72)65(41)18/h31-44,47-51,73H,24-30H2,1-23H3,(H,61,74)(H,62,76)(H,63,75)/t37-,38-,39-,40-,41+,42-,43-,44-,47?,48-,49-,50-,51-/m1/s1. The van der Waals surface area contributed by atoms with Crippen molar-refractivity contribution in [2.24, 2.45) is 47.3 Å². The smallest absolute Gasteiger partial charge is 0.246 e. The van der Waals surface area contributed by atoms with E-state index in [1.807, 2.05) is 55.4 Å². The first-order valence-corrected chi connectivity index (χ1v) is 29.8. The summed E-state index contributed by atoms with van der Waals surface area (Å²) in [5.74, 6) is -9.90. The van der Waals surface area contributed by atoms with Gasteiger partial charge in [0.15, 0.2) is 12.1 Å². The highest BCUT2D eigenvalue weighted by atomic mass is 16.6. The van der Waals surface area contributed by atoms with Crippen LogP contribution in [0.1, 0.15) is 149 Å². The predicted octanol–water partition coefficient (Wildman–Crippen LogP) is 2.75. The van der Waals surface area contributed by atoms with Crippen LogP contribution in [0.25, 0.3) is 0 Å². The third-order valence-corrected chi connectivity index (χ3v) is 16.2. The Balaban J connectivity index is 2.91. The molecule has 23 nitrogen and oxygen atoms in total. The number of nitrogens with one attached hydrogen (secondary N) is 3. The number of aliphatic hydroxyl groups excluding tert-OH is 1. The maximum absolute atomic E-state index is 15.1. The Labute approximate surface area is 495 Å². The molecule has 1 unspecified atom stereocenters. The zero-order chi connectivity index (χ0) is 64.1. The Kier molecular flexibility index (Phi) is 28.3. The Morgan fingerprint density at radius 1 is 0.470 bits per heavy atom. The van der Waals surface area contributed by atoms with Gasteiger partial charge in [-0.3, -0.25) is 52.7 Å². The molecule has 10 amide bonds. The van der Waals surface area contributed by atoms with Crippen molar-refractivity contribution < 1.29 is 62.6 Å². The highest BCUT2D eigenvalue weighted by Crippen LogP contribution is 2.31. The molecule has 2 rings (SSSR count). The second-order valence-electron chi connectivity index (χ2n) is 26.2. The van der Waals surface area contributed by atoms with Crippen LogP contribution >= 0.6 is 0 Å². The summed E-state index contributed by atoms with van der Waals surface area (Å²) in [5.41, 5.74) is 0. The topological polar surface area (TPSA) is 276 Å². The second kappa shape index (κ2) is 32.0. The Hall–Kier alpha value is -5.71. The molecule has 0 aromatic rings. The van der Waals surface area contributed by atoms with Gasteiger partial charge in [0.25, 0.3) is 0 Å². The van der Waals surface area contributed by atoms with Crippen LogP contribution < -0.4 is 16.0 Å². The molecule has 0 bridgehead atoms. The summed E-state index contributed by atoms with van der Waals surface area (Å²) in [4.78, 5) is 168. The van der Waals surface area contributed by atoms with E-state index in [1.165, 1.54) is 87.7 Å². The van der Waals surface area contributed by atoms with Crippen molar-refractivity contribution in [3.05, 3.63) is 0 Å². The third-order valence-electron chi connectivity index (χ3n) is 16.2. The number of carbonyl (C=O) groups is 11. The van der Waals surface area contributed by atoms with Gasteiger partial charge in [-0.1, -0.05) is 96.9 Å². The number of hydrogen-bond donors (Lipinski definition) is 4. The third kappa shape index (κ3) is 19.7. The van der Waals surface area contributed by atoms with Gasteiger partial charge in [-0.15, -0.1) is 0 Å². The molecule has 0 aliphatic carbocycles. The fourth-order valence-corrected chi connectivity index (χ4v) is 11.1. The average molecular weight is 1180 g/mol. The zero-order valence-electron chi connectivity index (χ0n) is 54.4. The summed E-state index contributed by atoms with van der Waals surface area (Å²) in [6, 6.07) is -10.7. The summed E-state index contributed by atoms with van der Waals surface area (Å²) in [6.45, 7) is 27.6. The molecule has 0 saturated carbocycles. The number of amides is 10. The van der Waals surface area contributed by atoms with E-state index < -0.39 is 162 Å². The van der Waals surface area contributed by atoms with Crippen LogP contribution in [0, 0.1) is 47.3 Å². The highest BCUT2D eigenvalue weighted by molar-refractivity contribution is 5.99. The first kappa shape index (κ1) is 73.4. The lowest BCUT2D eigenvalue weighted by Gasteiger charge is -2.41. The number of carbonyl (C=O) groups excluding carboxylic acids is 11. The Bertz CT molecular complexity index is 2290. The van der Waals surface area contributed by atoms with Gasteiger partial charge in [-0.05, 0) is 81.0 Å². The van der Waals surface area contributed by atoms with E-state index in [2.05, 4.69) is 16.0 Å². The number of ketones is 1. The molecule has 2 heterocycles. The van der Waals surface area contributed by atoms with Gasteiger partial charge in [-0.2, -0.15) is 0 Å². The molecule has 83 heavy (non-hydrogen) atoms. The molecule has 0 aromatic heterocycles. The lowest BCUT2D eigenvalue weighted by molar-refractivity contribution is -0.161. The average Bonchev–Trinajstić information content (AvgIpc) is 3.72. The molecule has 4 N–H and O–H groups in total. The SMILES string of the molecule is CC(C)C[C@@H]1C(=O)N(C)[C@H](CC(C)C)C(=O)N(C)[C@H](C(C)C)C(=O)N(C)[C@H]([C@@H]2OC(O)C[C@H]2C)C(=O)N[C@H](C)C(=O)N(C)CC(=O)N(C)[C@@H](CC(C)C)C(=O)N[C@H](C(C)C)C(=O)N(C)[C@H](CC(C)C)C(=O)N[C@H](C)C(=O)C[C@@H](C)C(=O)N1C. The predicted molar refractivity (Wildman–Crippen MR) is 315 cm³/mol. The van der Waals surface area contributed by atoms with E-state index in [0.717, 1.165) is 9.80 Å². The molecule has 23 heteroatoms. The van der Waals surface area contributed by atoms with Crippen molar-refractivity contribution in [2.75, 3.05) is 55.9 Å². The minimum absolute atomic E-state index is 0.113. The fraction of sp³-hybridized carbons (Fsp3) is 0.817. The number of nitrogens with zero attached hydrogens (tertiary/aromatic N) is 7. The minimum Gasteiger partial charge on any atom is -0.368 e. The number of Topliss-reactive ketones (excluding diaryl/α,β-unsaturated/α-hetero) is 1. The van der Waals surface area contributed by atoms with Crippen molar-refractivity contribution in [2.45, 2.75) is 216 Å². The van der Waals surface area contributed by atoms with Crippen LogP contribution in [0.3, 0.4) is 0 Å². The number of ether oxygens (including phenoxy) is 1. The maximum atomic E-state index is 15.1. The molecule has 2 aliphatic heterocycles. The zero-order valence-corrected chi connectivity index (χ0v) is 54.4. The molecule has 0 aromatic carbocycles. The van der Waals surface area contributed by atoms with Crippen molar-refractivity contribution in [1.29, 1.82) is 0 Å². The first-order valence-electron chi connectivity index (χ1n) is 29.8. The molecular formula is C60H106N10O13. The Morgan fingerprint density at radius 2 is 0.892 bits per heavy atom. The lowest BCUT2D eigenvalue weighted by atomic mass is 9.93. The molecule has 13 atom stereocenters. The van der Waals surface area contributed by atoms with Crippen molar-refractivity contribution in [1.82, 2.24) is 50.2 Å². The van der Waals surface area contributed by atoms with Gasteiger partial charge >= 0.3 is 0 Å². The van der Waals surface area contributed by atoms with Crippen molar-refractivity contribution >= 4 is 64.9 Å². The summed E-state index contributed by atoms with van der Waals surface area (Å²) in [6.07, 6.45) is -1.86. The van der Waals surface area contributed by atoms with Gasteiger partial charge in [0.2, 0.25) is 59.1 Å². The van der Waals surface area contributed by atoms with Gasteiger partial charge in [0, 0.05) is 68.1 Å². The molecule has 0 radical (unpaired) electrons. The highest BCUT2D eigenvalue weighted by Gasteiger charge is 2.48. The van der Waals surface area contributed by atoms with E-state index in [-0.39, 0.29) is 62.2 Å². The number of likely N-dealkylation sites (N-methyl/N-ethyl adjacent to an activating group) is 7. The maximum Gasteiger partial charge on any atom is 0.246 e. The van der Waals surface area contributed by atoms with Crippen molar-refractivity contribution in [3.8, 4) is 0 Å². The van der Waals surface area contributed by atoms with Gasteiger partial charge in [0.1, 0.15) is 48.3 Å². The first-order chi connectivity index (χ1) is 38.2. The van der Waals surface area contributed by atoms with E-state index in [1.54, 1.807) is 41.5 Å². The van der Waals surface area contributed by atoms with E-state index in [4.69, 9.17) is 4.74 Å². The van der Waals surface area contributed by atoms with E-state index in [9.17, 15) is 48.3 Å². The summed E-state index contributed by atoms with van der Waals surface area (Å²) < 4.78 is 5.89. The van der Waals surface area contributed by atoms with Gasteiger partial charge < -0.3 is 60.1 Å². The molecule has 2 aliphatic rings. The number of rotatable bonds is 11. The largest absolute Gasteiger partial charge is 0.368 e. The summed E-state index contributed by atoms with van der Waals surface area (Å²) in [5, 5.41) is 19.0. The second-order valence-corrected chi connectivity index (χ2v) is 26.2. The van der Waals surface area contributed by atoms with Crippen LogP contribution in [0.15, 0.2) is 0 Å². The number of aliphatic hydroxyl groups is 1. The van der Waals surface area contributed by atoms with Crippen LogP contribution in [-0.4, -0.2) is 227 Å². The van der Waals surface area contributed by atoms with E-state index in [0.29, 0.717) is 0 Å². The van der Waals surface area contributed by atoms with Crippen LogP contribution in [-0.2, 0) is 57.5 Å². The van der Waals surface area contributed by atoms with Crippen molar-refractivity contribution in [3.63, 3.8) is 0 Å². The van der Waals surface area contributed by atoms with Crippen LogP contribution in [0.5, 0.6) is 0 Å². The normalized spacial score (nSPS) is 30.1. The summed E-state index contributed by atoms with van der Waals surface area (Å²) in [7, 11) is 10.0. The molecule has 2 saturated heterocycles. The molecule has 474 valence electrons. The minimum atomic E-state index is -1.46. The monoisotopic (exact) mass is 1170 g/mol. The van der Waals surface area contributed by atoms with Crippen LogP contribution in [0.2, 0.25) is 0 Å². The lowest BCUT2D eigenvalue weighted by Crippen LogP contribution is -2.63.